The van der Waals surface area contributed by atoms with Crippen LogP contribution in [0.4, 0.5) is 0 Å². The zero-order valence-corrected chi connectivity index (χ0v) is 15.5. The summed E-state index contributed by atoms with van der Waals surface area (Å²) in [6, 6.07) is 0. The first-order chi connectivity index (χ1) is 10.8. The number of hydrazone groups is 1. The number of fused-ring (bicyclic) bond motifs is 1. The Balaban J connectivity index is 1.86. The molecule has 2 atom stereocenters. The second-order valence-corrected chi connectivity index (χ2v) is 8.82. The molecule has 1 saturated carbocycles. The second kappa shape index (κ2) is 6.23. The van der Waals surface area contributed by atoms with E-state index in [1.165, 1.54) is 43.4 Å². The summed E-state index contributed by atoms with van der Waals surface area (Å²) >= 11 is 0. The summed E-state index contributed by atoms with van der Waals surface area (Å²) in [7, 11) is 0. The van der Waals surface area contributed by atoms with Gasteiger partial charge in [-0.25, -0.2) is 0 Å². The van der Waals surface area contributed by atoms with Gasteiger partial charge < -0.3 is 5.11 Å². The van der Waals surface area contributed by atoms with Crippen molar-refractivity contribution >= 4 is 5.71 Å². The van der Waals surface area contributed by atoms with Gasteiger partial charge in [-0.05, 0) is 89.0 Å². The molecule has 1 heterocycles. The van der Waals surface area contributed by atoms with Gasteiger partial charge in [-0.15, -0.1) is 0 Å². The molecular weight excluding hydrogens is 284 g/mol. The van der Waals surface area contributed by atoms with Crippen molar-refractivity contribution in [3.05, 3.63) is 11.1 Å². The third kappa shape index (κ3) is 3.50. The minimum atomic E-state index is -0.573. The van der Waals surface area contributed by atoms with Crippen LogP contribution in [0.15, 0.2) is 16.2 Å². The van der Waals surface area contributed by atoms with Crippen LogP contribution in [0.25, 0.3) is 0 Å². The maximum Gasteiger partial charge on any atom is 0.0634 e. The Bertz CT molecular complexity index is 508. The summed E-state index contributed by atoms with van der Waals surface area (Å²) in [6.07, 6.45) is 9.68. The van der Waals surface area contributed by atoms with E-state index in [1.807, 2.05) is 13.8 Å². The second-order valence-electron chi connectivity index (χ2n) is 8.82. The first-order valence-electron chi connectivity index (χ1n) is 9.55. The molecule has 0 aromatic heterocycles. The Morgan fingerprint density at radius 3 is 2.52 bits per heavy atom. The number of rotatable bonds is 2. The molecule has 1 aliphatic heterocycles. The molecule has 23 heavy (non-hydrogen) atoms. The minimum Gasteiger partial charge on any atom is -0.390 e. The highest BCUT2D eigenvalue weighted by atomic mass is 16.3. The summed E-state index contributed by atoms with van der Waals surface area (Å²) in [4.78, 5) is 0. The molecular formula is C20H34N2O. The SMILES string of the molecule is CC1=C2CC(C(C)(C)O)CCC2(C)CC/C1=N\N1CCCCC1. The average molecular weight is 319 g/mol. The molecule has 0 spiro atoms. The van der Waals surface area contributed by atoms with Gasteiger partial charge in [0, 0.05) is 13.1 Å². The Kier molecular flexibility index (Phi) is 4.61. The molecule has 3 heteroatoms. The molecule has 0 aromatic rings. The molecule has 3 nitrogen and oxygen atoms in total. The lowest BCUT2D eigenvalue weighted by Gasteiger charge is -2.47. The van der Waals surface area contributed by atoms with Gasteiger partial charge in [-0.1, -0.05) is 12.5 Å². The first kappa shape index (κ1) is 17.0. The topological polar surface area (TPSA) is 35.8 Å². The van der Waals surface area contributed by atoms with Crippen molar-refractivity contribution in [3.63, 3.8) is 0 Å². The number of hydrogen-bond acceptors (Lipinski definition) is 3. The largest absolute Gasteiger partial charge is 0.390 e. The lowest BCUT2D eigenvalue weighted by atomic mass is 9.59. The van der Waals surface area contributed by atoms with E-state index in [1.54, 1.807) is 5.57 Å². The van der Waals surface area contributed by atoms with Gasteiger partial charge in [0.2, 0.25) is 0 Å². The number of aliphatic hydroxyl groups is 1. The zero-order chi connectivity index (χ0) is 16.7. The summed E-state index contributed by atoms with van der Waals surface area (Å²) in [6.45, 7) is 10.9. The van der Waals surface area contributed by atoms with Crippen molar-refractivity contribution < 1.29 is 5.11 Å². The first-order valence-corrected chi connectivity index (χ1v) is 9.55. The van der Waals surface area contributed by atoms with Gasteiger partial charge in [0.25, 0.3) is 0 Å². The average Bonchev–Trinajstić information content (AvgIpc) is 2.50. The van der Waals surface area contributed by atoms with Crippen molar-refractivity contribution in [2.45, 2.75) is 84.7 Å². The van der Waals surface area contributed by atoms with Gasteiger partial charge in [0.15, 0.2) is 0 Å². The molecule has 130 valence electrons. The third-order valence-corrected chi connectivity index (χ3v) is 6.62. The summed E-state index contributed by atoms with van der Waals surface area (Å²) < 4.78 is 0. The van der Waals surface area contributed by atoms with Crippen molar-refractivity contribution in [1.82, 2.24) is 5.01 Å². The van der Waals surface area contributed by atoms with E-state index in [0.717, 1.165) is 32.4 Å². The van der Waals surface area contributed by atoms with Crippen LogP contribution in [0.1, 0.15) is 79.1 Å². The lowest BCUT2D eigenvalue weighted by Crippen LogP contribution is -2.40. The van der Waals surface area contributed by atoms with E-state index >= 15 is 0 Å². The molecule has 2 unspecified atom stereocenters. The van der Waals surface area contributed by atoms with Crippen LogP contribution in [-0.4, -0.2) is 34.5 Å². The van der Waals surface area contributed by atoms with Gasteiger partial charge in [0.05, 0.1) is 11.3 Å². The van der Waals surface area contributed by atoms with E-state index in [-0.39, 0.29) is 0 Å². The highest BCUT2D eigenvalue weighted by Crippen LogP contribution is 2.52. The quantitative estimate of drug-likeness (QED) is 0.813. The molecule has 2 aliphatic carbocycles. The van der Waals surface area contributed by atoms with Crippen LogP contribution in [0.3, 0.4) is 0 Å². The number of nitrogens with zero attached hydrogens (tertiary/aromatic N) is 2. The van der Waals surface area contributed by atoms with Gasteiger partial charge in [0.1, 0.15) is 0 Å². The number of allylic oxidation sites excluding steroid dienone is 2. The Morgan fingerprint density at radius 1 is 1.17 bits per heavy atom. The molecule has 0 radical (unpaired) electrons. The van der Waals surface area contributed by atoms with Crippen LogP contribution in [0.2, 0.25) is 0 Å². The lowest BCUT2D eigenvalue weighted by molar-refractivity contribution is -0.00354. The molecule has 3 aliphatic rings. The molecule has 0 bridgehead atoms. The standard InChI is InChI=1S/C20H34N2O/c1-15-17-14-16(19(2,3)23)8-10-20(17,4)11-9-18(15)21-22-12-6-5-7-13-22/h16,23H,5-14H2,1-4H3/b21-18+. The van der Waals surface area contributed by atoms with Crippen molar-refractivity contribution in [3.8, 4) is 0 Å². The molecule has 1 saturated heterocycles. The maximum atomic E-state index is 10.5. The Morgan fingerprint density at radius 2 is 1.87 bits per heavy atom. The highest BCUT2D eigenvalue weighted by molar-refractivity contribution is 6.01. The van der Waals surface area contributed by atoms with E-state index in [9.17, 15) is 5.11 Å². The molecule has 0 amide bonds. The molecule has 3 rings (SSSR count). The Hall–Kier alpha value is -0.830. The maximum absolute atomic E-state index is 10.5. The third-order valence-electron chi connectivity index (χ3n) is 6.62. The Labute approximate surface area is 141 Å². The van der Waals surface area contributed by atoms with Crippen LogP contribution >= 0.6 is 0 Å². The number of piperidine rings is 1. The zero-order valence-electron chi connectivity index (χ0n) is 15.5. The van der Waals surface area contributed by atoms with Gasteiger partial charge in [-0.2, -0.15) is 5.10 Å². The van der Waals surface area contributed by atoms with Crippen LogP contribution in [0, 0.1) is 11.3 Å². The highest BCUT2D eigenvalue weighted by Gasteiger charge is 2.43. The van der Waals surface area contributed by atoms with Gasteiger partial charge in [-0.3, -0.25) is 5.01 Å². The number of hydrogen-bond donors (Lipinski definition) is 1. The smallest absolute Gasteiger partial charge is 0.0634 e. The van der Waals surface area contributed by atoms with Crippen molar-refractivity contribution in [2.24, 2.45) is 16.4 Å². The normalized spacial score (nSPS) is 34.7. The summed E-state index contributed by atoms with van der Waals surface area (Å²) in [5.41, 5.74) is 4.09. The fourth-order valence-corrected chi connectivity index (χ4v) is 4.75. The summed E-state index contributed by atoms with van der Waals surface area (Å²) in [5.74, 6) is 0.384. The van der Waals surface area contributed by atoms with E-state index in [0.29, 0.717) is 11.3 Å². The predicted octanol–water partition coefficient (Wildman–Crippen LogP) is 4.52. The molecule has 0 aromatic carbocycles. The van der Waals surface area contributed by atoms with E-state index in [4.69, 9.17) is 5.10 Å². The van der Waals surface area contributed by atoms with Crippen molar-refractivity contribution in [1.29, 1.82) is 0 Å². The fraction of sp³-hybridized carbons (Fsp3) is 0.850. The molecule has 2 fully saturated rings. The predicted molar refractivity (Wildman–Crippen MR) is 96.5 cm³/mol. The molecule has 1 N–H and O–H groups in total. The van der Waals surface area contributed by atoms with Crippen LogP contribution < -0.4 is 0 Å². The van der Waals surface area contributed by atoms with Crippen LogP contribution in [0.5, 0.6) is 0 Å². The monoisotopic (exact) mass is 318 g/mol. The summed E-state index contributed by atoms with van der Waals surface area (Å²) in [5, 5.41) is 17.8. The van der Waals surface area contributed by atoms with E-state index < -0.39 is 5.60 Å². The minimum absolute atomic E-state index is 0.340. The van der Waals surface area contributed by atoms with Gasteiger partial charge >= 0.3 is 0 Å². The fourth-order valence-electron chi connectivity index (χ4n) is 4.75. The van der Waals surface area contributed by atoms with E-state index in [2.05, 4.69) is 18.9 Å². The van der Waals surface area contributed by atoms with Crippen molar-refractivity contribution in [2.75, 3.05) is 13.1 Å². The van der Waals surface area contributed by atoms with Crippen LogP contribution in [-0.2, 0) is 0 Å².